The van der Waals surface area contributed by atoms with Gasteiger partial charge in [0.15, 0.2) is 0 Å². The van der Waals surface area contributed by atoms with Gasteiger partial charge in [0.2, 0.25) is 5.90 Å². The topological polar surface area (TPSA) is 90.7 Å². The van der Waals surface area contributed by atoms with Gasteiger partial charge in [-0.2, -0.15) is 0 Å². The summed E-state index contributed by atoms with van der Waals surface area (Å²) in [7, 11) is 3.02. The van der Waals surface area contributed by atoms with Crippen LogP contribution in [0.5, 0.6) is 0 Å². The number of methoxy groups -OCH3 is 1. The van der Waals surface area contributed by atoms with Crippen molar-refractivity contribution in [2.75, 3.05) is 14.2 Å². The van der Waals surface area contributed by atoms with Gasteiger partial charge in [0.05, 0.1) is 18.5 Å². The lowest BCUT2D eigenvalue weighted by Gasteiger charge is -2.17. The Morgan fingerprint density at radius 3 is 1.78 bits per heavy atom. The van der Waals surface area contributed by atoms with Gasteiger partial charge in [-0.15, -0.1) is 0 Å². The van der Waals surface area contributed by atoms with E-state index in [1.165, 1.54) is 53.0 Å². The molecular formula is C34H53F2N3O2. The van der Waals surface area contributed by atoms with Crippen molar-refractivity contribution in [1.82, 2.24) is 0 Å². The van der Waals surface area contributed by atoms with Crippen molar-refractivity contribution in [3.63, 3.8) is 0 Å². The van der Waals surface area contributed by atoms with Crippen molar-refractivity contribution in [3.8, 4) is 0 Å². The van der Waals surface area contributed by atoms with E-state index in [0.29, 0.717) is 22.9 Å². The van der Waals surface area contributed by atoms with Gasteiger partial charge >= 0.3 is 0 Å². The lowest BCUT2D eigenvalue weighted by atomic mass is 9.91. The Morgan fingerprint density at radius 1 is 0.927 bits per heavy atom. The second kappa shape index (κ2) is 23.4. The van der Waals surface area contributed by atoms with Crippen LogP contribution in [0.3, 0.4) is 0 Å². The fourth-order valence-electron chi connectivity index (χ4n) is 3.93. The highest BCUT2D eigenvalue weighted by atomic mass is 19.1. The first-order valence-corrected chi connectivity index (χ1v) is 14.2. The van der Waals surface area contributed by atoms with Crippen molar-refractivity contribution in [1.29, 1.82) is 0 Å². The zero-order valence-electron chi connectivity index (χ0n) is 26.7. The summed E-state index contributed by atoms with van der Waals surface area (Å²) < 4.78 is 32.1. The highest BCUT2D eigenvalue weighted by molar-refractivity contribution is 5.96. The van der Waals surface area contributed by atoms with E-state index in [0.717, 1.165) is 30.4 Å². The molecule has 0 atom stereocenters. The summed E-state index contributed by atoms with van der Waals surface area (Å²) in [5.74, 6) is 0.884. The van der Waals surface area contributed by atoms with Gasteiger partial charge in [0.25, 0.3) is 0 Å². The molecule has 0 fully saturated rings. The molecular weight excluding hydrogens is 520 g/mol. The lowest BCUT2D eigenvalue weighted by Crippen LogP contribution is -2.17. The van der Waals surface area contributed by atoms with Crippen molar-refractivity contribution in [3.05, 3.63) is 89.1 Å². The minimum Gasteiger partial charge on any atom is -0.480 e. The number of Topliss-reactive ketones (excluding diaryl/α,β-unsaturated/α-hetero) is 1. The Labute approximate surface area is 247 Å². The van der Waals surface area contributed by atoms with Crippen LogP contribution >= 0.6 is 0 Å². The summed E-state index contributed by atoms with van der Waals surface area (Å²) in [6.45, 7) is 17.3. The molecule has 0 saturated heterocycles. The predicted octanol–water partition coefficient (Wildman–Crippen LogP) is 8.80. The number of nitrogens with zero attached hydrogens (tertiary/aromatic N) is 1. The SMILES string of the molecule is C=C(N=C(OC)/C(N)=C(/C)CC(CCC)CCC)c1ccccc1F.CC(C)=O.CC(C)c1ccccc1F.CN. The Hall–Kier alpha value is -3.32. The average Bonchev–Trinajstić information content (AvgIpc) is 2.93. The third-order valence-electron chi connectivity index (χ3n) is 5.82. The smallest absolute Gasteiger partial charge is 0.237 e. The molecule has 2 rings (SSSR count). The number of ether oxygens (including phenoxy) is 1. The number of carbonyl (C=O) groups excluding carboxylic acids is 1. The van der Waals surface area contributed by atoms with Gasteiger partial charge < -0.3 is 21.0 Å². The highest BCUT2D eigenvalue weighted by Crippen LogP contribution is 2.24. The molecule has 0 spiro atoms. The Bertz CT molecular complexity index is 1080. The maximum atomic E-state index is 13.9. The molecule has 0 aliphatic rings. The third-order valence-corrected chi connectivity index (χ3v) is 5.82. The van der Waals surface area contributed by atoms with Crippen LogP contribution in [0.1, 0.15) is 97.6 Å². The van der Waals surface area contributed by atoms with Gasteiger partial charge in [-0.3, -0.25) is 0 Å². The number of carbonyl (C=O) groups is 1. The van der Waals surface area contributed by atoms with Crippen LogP contribution in [0.2, 0.25) is 0 Å². The summed E-state index contributed by atoms with van der Waals surface area (Å²) in [6.07, 6.45) is 5.60. The van der Waals surface area contributed by atoms with Gasteiger partial charge in [-0.05, 0) is 75.4 Å². The van der Waals surface area contributed by atoms with Crippen LogP contribution in [0.15, 0.2) is 71.4 Å². The van der Waals surface area contributed by atoms with Crippen LogP contribution < -0.4 is 11.5 Å². The first-order valence-electron chi connectivity index (χ1n) is 14.2. The van der Waals surface area contributed by atoms with E-state index in [1.807, 2.05) is 32.9 Å². The molecule has 230 valence electrons. The van der Waals surface area contributed by atoms with E-state index in [-0.39, 0.29) is 29.2 Å². The monoisotopic (exact) mass is 573 g/mol. The molecule has 2 aromatic rings. The second-order valence-electron chi connectivity index (χ2n) is 9.97. The number of hydrogen-bond donors (Lipinski definition) is 2. The van der Waals surface area contributed by atoms with Gasteiger partial charge in [0, 0.05) is 5.56 Å². The maximum Gasteiger partial charge on any atom is 0.237 e. The fraction of sp³-hybridized carbons (Fsp3) is 0.471. The number of ketones is 1. The van der Waals surface area contributed by atoms with Crippen molar-refractivity contribution < 1.29 is 18.3 Å². The van der Waals surface area contributed by atoms with E-state index in [1.54, 1.807) is 24.3 Å². The molecule has 5 nitrogen and oxygen atoms in total. The lowest BCUT2D eigenvalue weighted by molar-refractivity contribution is -0.115. The predicted molar refractivity (Wildman–Crippen MR) is 172 cm³/mol. The summed E-state index contributed by atoms with van der Waals surface area (Å²) in [5, 5.41) is 0. The molecule has 41 heavy (non-hydrogen) atoms. The van der Waals surface area contributed by atoms with E-state index in [9.17, 15) is 13.6 Å². The van der Waals surface area contributed by atoms with Crippen LogP contribution in [-0.2, 0) is 9.53 Å². The molecule has 0 aliphatic heterocycles. The van der Waals surface area contributed by atoms with Crippen LogP contribution in [-0.4, -0.2) is 25.8 Å². The van der Waals surface area contributed by atoms with E-state index in [4.69, 9.17) is 10.5 Å². The minimum absolute atomic E-state index is 0.0995. The average molecular weight is 574 g/mol. The molecule has 0 bridgehead atoms. The van der Waals surface area contributed by atoms with Crippen LogP contribution in [0.4, 0.5) is 8.78 Å². The Morgan fingerprint density at radius 2 is 1.39 bits per heavy atom. The number of nitrogens with two attached hydrogens (primary N) is 2. The molecule has 4 N–H and O–H groups in total. The van der Waals surface area contributed by atoms with E-state index >= 15 is 0 Å². The second-order valence-corrected chi connectivity index (χ2v) is 9.97. The maximum absolute atomic E-state index is 13.9. The van der Waals surface area contributed by atoms with Crippen molar-refractivity contribution >= 4 is 17.4 Å². The summed E-state index contributed by atoms with van der Waals surface area (Å²) in [6, 6.07) is 13.3. The quantitative estimate of drug-likeness (QED) is 0.219. The van der Waals surface area contributed by atoms with Crippen LogP contribution in [0.25, 0.3) is 5.70 Å². The van der Waals surface area contributed by atoms with Crippen molar-refractivity contribution in [2.45, 2.75) is 86.5 Å². The van der Waals surface area contributed by atoms with E-state index in [2.05, 4.69) is 31.2 Å². The molecule has 0 saturated carbocycles. The van der Waals surface area contributed by atoms with E-state index < -0.39 is 0 Å². The first-order chi connectivity index (χ1) is 19.4. The molecule has 0 aromatic heterocycles. The zero-order chi connectivity index (χ0) is 32.0. The fourth-order valence-corrected chi connectivity index (χ4v) is 3.93. The summed E-state index contributed by atoms with van der Waals surface area (Å²) in [4.78, 5) is 13.8. The zero-order valence-corrected chi connectivity index (χ0v) is 26.7. The number of aliphatic imine (C=N–C) groups is 1. The number of halogens is 2. The first kappa shape index (κ1) is 39.8. The summed E-state index contributed by atoms with van der Waals surface area (Å²) in [5.41, 5.74) is 13.8. The molecule has 0 unspecified atom stereocenters. The summed E-state index contributed by atoms with van der Waals surface area (Å²) >= 11 is 0. The highest BCUT2D eigenvalue weighted by Gasteiger charge is 2.14. The molecule has 0 amide bonds. The van der Waals surface area contributed by atoms with Crippen LogP contribution in [0, 0.1) is 17.6 Å². The Kier molecular flexibility index (Phi) is 22.7. The Balaban J connectivity index is 0. The number of hydrogen-bond acceptors (Lipinski definition) is 5. The van der Waals surface area contributed by atoms with Gasteiger partial charge in [0.1, 0.15) is 17.4 Å². The number of rotatable bonds is 10. The molecule has 0 aliphatic carbocycles. The minimum atomic E-state index is -0.364. The standard InChI is InChI=1S/C21H31FN2O.C9H11F.C3H6O.CH5N/c1-6-10-17(11-7-2)14-15(3)20(23)21(25-5)24-16(4)18-12-8-9-13-19(18)22;1-7(2)8-5-3-4-6-9(8)10;1-3(2)4;1-2/h8-9,12-13,17H,4,6-7,10-11,14,23H2,1-3,5H3;3-7H,1-2H3;1-2H3;2H2,1H3/b20-15+,24-21?;;;. The molecule has 0 heterocycles. The number of benzene rings is 2. The molecule has 0 radical (unpaired) electrons. The van der Waals surface area contributed by atoms with Crippen molar-refractivity contribution in [2.24, 2.45) is 22.4 Å². The third kappa shape index (κ3) is 17.2. The van der Waals surface area contributed by atoms with Gasteiger partial charge in [-0.1, -0.05) is 90.3 Å². The molecule has 2 aromatic carbocycles. The normalized spacial score (nSPS) is 11.2. The number of allylic oxidation sites excluding steroid dienone is 1. The largest absolute Gasteiger partial charge is 0.480 e. The van der Waals surface area contributed by atoms with Gasteiger partial charge in [-0.25, -0.2) is 13.8 Å². The molecule has 7 heteroatoms.